The van der Waals surface area contributed by atoms with Crippen molar-refractivity contribution in [2.75, 3.05) is 17.2 Å². The largest absolute Gasteiger partial charge is 0.357 e. The van der Waals surface area contributed by atoms with Crippen molar-refractivity contribution in [3.63, 3.8) is 0 Å². The molecule has 4 aromatic rings. The lowest BCUT2D eigenvalue weighted by molar-refractivity contribution is 0.102. The average Bonchev–Trinajstić information content (AvgIpc) is 3.55. The number of nitrogens with one attached hydrogen (secondary N) is 4. The molecular weight excluding hydrogens is 532 g/mol. The summed E-state index contributed by atoms with van der Waals surface area (Å²) in [6.07, 6.45) is 2.97. The summed E-state index contributed by atoms with van der Waals surface area (Å²) in [5.41, 5.74) is 0.528. The van der Waals surface area contributed by atoms with Crippen molar-refractivity contribution in [1.82, 2.24) is 24.5 Å². The molecule has 11 nitrogen and oxygen atoms in total. The van der Waals surface area contributed by atoms with Gasteiger partial charge in [0.15, 0.2) is 11.5 Å². The molecule has 39 heavy (non-hydrogen) atoms. The van der Waals surface area contributed by atoms with Gasteiger partial charge in [0.1, 0.15) is 17.3 Å². The summed E-state index contributed by atoms with van der Waals surface area (Å²) in [7, 11) is -4.30. The fourth-order valence-corrected chi connectivity index (χ4v) is 6.06. The number of aromatic amines is 2. The Bertz CT molecular complexity index is 1660. The number of hydrogen-bond donors (Lipinski definition) is 4. The number of anilines is 2. The predicted octanol–water partition coefficient (Wildman–Crippen LogP) is 3.40. The zero-order valence-electron chi connectivity index (χ0n) is 20.7. The highest BCUT2D eigenvalue weighted by Crippen LogP contribution is 2.38. The SMILES string of the molecule is CC1(C)CN(S(=O)(=O)c2cc(F)cc(F)c2)Cc2c(NC(=O)c3ncccc3NC(=O)c3ccc[nH]3)n[nH]c21. The number of halogens is 2. The molecule has 0 bridgehead atoms. The third-order valence-corrected chi connectivity index (χ3v) is 8.04. The quantitative estimate of drug-likeness (QED) is 0.286. The molecule has 0 atom stereocenters. The average molecular weight is 556 g/mol. The third kappa shape index (κ3) is 5.03. The number of hydrogen-bond acceptors (Lipinski definition) is 6. The topological polar surface area (TPSA) is 153 Å². The molecule has 0 unspecified atom stereocenters. The van der Waals surface area contributed by atoms with E-state index < -0.39 is 43.8 Å². The van der Waals surface area contributed by atoms with Gasteiger partial charge >= 0.3 is 0 Å². The normalized spacial score (nSPS) is 15.0. The van der Waals surface area contributed by atoms with Crippen LogP contribution in [0.2, 0.25) is 0 Å². The van der Waals surface area contributed by atoms with Gasteiger partial charge in [-0.3, -0.25) is 14.7 Å². The molecule has 1 aliphatic heterocycles. The smallest absolute Gasteiger partial charge is 0.277 e. The third-order valence-electron chi connectivity index (χ3n) is 6.27. The van der Waals surface area contributed by atoms with Crippen molar-refractivity contribution in [2.45, 2.75) is 30.7 Å². The summed E-state index contributed by atoms with van der Waals surface area (Å²) in [5, 5.41) is 12.3. The lowest BCUT2D eigenvalue weighted by atomic mass is 9.84. The van der Waals surface area contributed by atoms with Crippen molar-refractivity contribution < 1.29 is 26.8 Å². The van der Waals surface area contributed by atoms with Crippen LogP contribution in [-0.2, 0) is 22.0 Å². The van der Waals surface area contributed by atoms with E-state index >= 15 is 0 Å². The van der Waals surface area contributed by atoms with Gasteiger partial charge in [0, 0.05) is 48.2 Å². The van der Waals surface area contributed by atoms with Crippen molar-refractivity contribution in [1.29, 1.82) is 0 Å². The predicted molar refractivity (Wildman–Crippen MR) is 137 cm³/mol. The number of amides is 2. The molecule has 4 heterocycles. The monoisotopic (exact) mass is 555 g/mol. The minimum Gasteiger partial charge on any atom is -0.357 e. The molecule has 0 spiro atoms. The zero-order chi connectivity index (χ0) is 27.9. The Kier molecular flexibility index (Phi) is 6.52. The van der Waals surface area contributed by atoms with Crippen LogP contribution in [0.15, 0.2) is 59.8 Å². The summed E-state index contributed by atoms with van der Waals surface area (Å²) in [5.74, 6) is -3.15. The Labute approximate surface area is 221 Å². The first-order valence-electron chi connectivity index (χ1n) is 11.7. The minimum absolute atomic E-state index is 0.00872. The summed E-state index contributed by atoms with van der Waals surface area (Å²) >= 11 is 0. The number of aromatic nitrogens is 4. The van der Waals surface area contributed by atoms with Gasteiger partial charge < -0.3 is 15.6 Å². The molecule has 0 aliphatic carbocycles. The maximum Gasteiger partial charge on any atom is 0.277 e. The number of carbonyl (C=O) groups is 2. The first-order valence-corrected chi connectivity index (χ1v) is 13.1. The van der Waals surface area contributed by atoms with E-state index in [2.05, 4.69) is 30.8 Å². The van der Waals surface area contributed by atoms with E-state index in [4.69, 9.17) is 0 Å². The van der Waals surface area contributed by atoms with Crippen LogP contribution in [0, 0.1) is 11.6 Å². The van der Waals surface area contributed by atoms with Crippen LogP contribution in [-0.4, -0.2) is 51.2 Å². The molecule has 5 rings (SSSR count). The minimum atomic E-state index is -4.30. The lowest BCUT2D eigenvalue weighted by Gasteiger charge is -2.36. The Morgan fingerprint density at radius 1 is 1.05 bits per heavy atom. The number of pyridine rings is 1. The van der Waals surface area contributed by atoms with E-state index in [0.29, 0.717) is 17.3 Å². The fourth-order valence-electron chi connectivity index (χ4n) is 4.45. The number of H-pyrrole nitrogens is 2. The van der Waals surface area contributed by atoms with Gasteiger partial charge in [0.05, 0.1) is 10.6 Å². The van der Waals surface area contributed by atoms with E-state index in [-0.39, 0.29) is 36.0 Å². The van der Waals surface area contributed by atoms with Crippen molar-refractivity contribution in [3.8, 4) is 0 Å². The first kappa shape index (κ1) is 26.2. The molecule has 0 radical (unpaired) electrons. The molecule has 0 fully saturated rings. The number of carbonyl (C=O) groups excluding carboxylic acids is 2. The van der Waals surface area contributed by atoms with Gasteiger partial charge in [-0.25, -0.2) is 22.2 Å². The van der Waals surface area contributed by atoms with Gasteiger partial charge in [0.25, 0.3) is 11.8 Å². The van der Waals surface area contributed by atoms with Crippen molar-refractivity contribution in [3.05, 3.63) is 89.1 Å². The number of rotatable bonds is 6. The van der Waals surface area contributed by atoms with Gasteiger partial charge in [-0.15, -0.1) is 0 Å². The van der Waals surface area contributed by atoms with Crippen molar-refractivity contribution in [2.24, 2.45) is 0 Å². The van der Waals surface area contributed by atoms with E-state index in [0.717, 1.165) is 16.4 Å². The summed E-state index contributed by atoms with van der Waals surface area (Å²) < 4.78 is 55.4. The lowest BCUT2D eigenvalue weighted by Crippen LogP contribution is -2.45. The van der Waals surface area contributed by atoms with Crippen LogP contribution >= 0.6 is 0 Å². The van der Waals surface area contributed by atoms with Gasteiger partial charge in [-0.1, -0.05) is 13.8 Å². The van der Waals surface area contributed by atoms with Crippen LogP contribution in [0.1, 0.15) is 46.1 Å². The van der Waals surface area contributed by atoms with Gasteiger partial charge in [0.2, 0.25) is 10.0 Å². The highest BCUT2D eigenvalue weighted by Gasteiger charge is 2.41. The molecule has 3 aromatic heterocycles. The standard InChI is InChI=1S/C25H23F2N7O4S/c1-25(2)13-34(39(37,38)16-10-14(26)9-15(27)11-16)12-17-21(25)32-33-22(17)31-24(36)20-18(5-3-8-29-20)30-23(35)19-6-4-7-28-19/h3-11,28H,12-13H2,1-2H3,(H,30,35)(H2,31,32,33,36). The highest BCUT2D eigenvalue weighted by atomic mass is 32.2. The zero-order valence-corrected chi connectivity index (χ0v) is 21.6. The number of nitrogens with zero attached hydrogens (tertiary/aromatic N) is 3. The van der Waals surface area contributed by atoms with E-state index in [1.807, 2.05) is 0 Å². The molecule has 4 N–H and O–H groups in total. The maximum atomic E-state index is 13.8. The van der Waals surface area contributed by atoms with Crippen LogP contribution in [0.4, 0.5) is 20.3 Å². The molecule has 1 aromatic carbocycles. The van der Waals surface area contributed by atoms with E-state index in [9.17, 15) is 26.8 Å². The van der Waals surface area contributed by atoms with Crippen molar-refractivity contribution >= 4 is 33.3 Å². The van der Waals surface area contributed by atoms with Crippen LogP contribution in [0.3, 0.4) is 0 Å². The number of benzene rings is 1. The molecule has 0 saturated carbocycles. The number of fused-ring (bicyclic) bond motifs is 1. The van der Waals surface area contributed by atoms with Crippen LogP contribution < -0.4 is 10.6 Å². The maximum absolute atomic E-state index is 13.8. The highest BCUT2D eigenvalue weighted by molar-refractivity contribution is 7.89. The molecule has 0 saturated heterocycles. The first-order chi connectivity index (χ1) is 18.5. The second-order valence-electron chi connectivity index (χ2n) is 9.58. The second-order valence-corrected chi connectivity index (χ2v) is 11.5. The van der Waals surface area contributed by atoms with Crippen LogP contribution in [0.25, 0.3) is 0 Å². The Morgan fingerprint density at radius 3 is 2.49 bits per heavy atom. The Balaban J connectivity index is 1.43. The second kappa shape index (κ2) is 9.71. The van der Waals surface area contributed by atoms with Crippen LogP contribution in [0.5, 0.6) is 0 Å². The molecule has 202 valence electrons. The Hall–Kier alpha value is -4.43. The summed E-state index contributed by atoms with van der Waals surface area (Å²) in [4.78, 5) is 32.1. The van der Waals surface area contributed by atoms with E-state index in [1.165, 1.54) is 12.3 Å². The molecule has 2 amide bonds. The van der Waals surface area contributed by atoms with Gasteiger partial charge in [-0.2, -0.15) is 9.40 Å². The van der Waals surface area contributed by atoms with E-state index in [1.54, 1.807) is 38.2 Å². The number of sulfonamides is 1. The Morgan fingerprint density at radius 2 is 1.79 bits per heavy atom. The molecular formula is C25H23F2N7O4S. The molecule has 1 aliphatic rings. The summed E-state index contributed by atoms with van der Waals surface area (Å²) in [6, 6.07) is 8.39. The fraction of sp³-hybridized carbons (Fsp3) is 0.200. The van der Waals surface area contributed by atoms with Gasteiger partial charge in [-0.05, 0) is 36.4 Å². The molecule has 14 heteroatoms. The summed E-state index contributed by atoms with van der Waals surface area (Å²) in [6.45, 7) is 3.32.